The molecule has 1 amide bonds. The van der Waals surface area contributed by atoms with Crippen LogP contribution in [0.15, 0.2) is 46.9 Å². The first kappa shape index (κ1) is 15.4. The zero-order chi connectivity index (χ0) is 15.4. The highest BCUT2D eigenvalue weighted by molar-refractivity contribution is 9.10. The van der Waals surface area contributed by atoms with Crippen LogP contribution < -0.4 is 15.8 Å². The number of methoxy groups -OCH3 is 1. The van der Waals surface area contributed by atoms with Crippen molar-refractivity contribution in [2.24, 2.45) is 5.73 Å². The summed E-state index contributed by atoms with van der Waals surface area (Å²) >= 11 is 3.54. The molecule has 0 heterocycles. The SMILES string of the molecule is COc1ccc(C(N)=O)cc1NC(C)c1ccccc1Br. The van der Waals surface area contributed by atoms with Crippen LogP contribution in [0.5, 0.6) is 5.75 Å². The summed E-state index contributed by atoms with van der Waals surface area (Å²) in [7, 11) is 1.59. The average Bonchev–Trinajstić information content (AvgIpc) is 2.47. The van der Waals surface area contributed by atoms with Crippen LogP contribution in [0.1, 0.15) is 28.9 Å². The smallest absolute Gasteiger partial charge is 0.248 e. The molecule has 2 aromatic rings. The first-order chi connectivity index (χ1) is 10.0. The van der Waals surface area contributed by atoms with E-state index in [1.54, 1.807) is 25.3 Å². The Morgan fingerprint density at radius 3 is 2.62 bits per heavy atom. The molecule has 0 aliphatic rings. The van der Waals surface area contributed by atoms with Crippen LogP contribution in [0.2, 0.25) is 0 Å². The Bertz CT molecular complexity index is 658. The van der Waals surface area contributed by atoms with E-state index >= 15 is 0 Å². The highest BCUT2D eigenvalue weighted by atomic mass is 79.9. The van der Waals surface area contributed by atoms with Crippen LogP contribution in [0.3, 0.4) is 0 Å². The Morgan fingerprint density at radius 1 is 1.29 bits per heavy atom. The van der Waals surface area contributed by atoms with Crippen LogP contribution in [0, 0.1) is 0 Å². The number of benzene rings is 2. The van der Waals surface area contributed by atoms with E-state index in [0.29, 0.717) is 11.3 Å². The number of hydrogen-bond acceptors (Lipinski definition) is 3. The molecule has 110 valence electrons. The molecule has 0 fully saturated rings. The molecule has 1 atom stereocenters. The van der Waals surface area contributed by atoms with Gasteiger partial charge in [0.15, 0.2) is 0 Å². The van der Waals surface area contributed by atoms with Crippen LogP contribution >= 0.6 is 15.9 Å². The van der Waals surface area contributed by atoms with Gasteiger partial charge in [0.05, 0.1) is 12.8 Å². The lowest BCUT2D eigenvalue weighted by molar-refractivity contribution is 0.100. The van der Waals surface area contributed by atoms with Crippen molar-refractivity contribution < 1.29 is 9.53 Å². The van der Waals surface area contributed by atoms with Gasteiger partial charge >= 0.3 is 0 Å². The summed E-state index contributed by atoms with van der Waals surface area (Å²) in [5.41, 5.74) is 7.62. The molecule has 4 nitrogen and oxygen atoms in total. The summed E-state index contributed by atoms with van der Waals surface area (Å²) in [4.78, 5) is 11.3. The predicted molar refractivity (Wildman–Crippen MR) is 87.7 cm³/mol. The molecule has 0 saturated heterocycles. The van der Waals surface area contributed by atoms with Crippen molar-refractivity contribution >= 4 is 27.5 Å². The molecule has 0 bridgehead atoms. The maximum absolute atomic E-state index is 11.3. The van der Waals surface area contributed by atoms with Gasteiger partial charge in [-0.05, 0) is 36.8 Å². The Labute approximate surface area is 132 Å². The third-order valence-electron chi connectivity index (χ3n) is 3.23. The monoisotopic (exact) mass is 348 g/mol. The van der Waals surface area contributed by atoms with Gasteiger partial charge in [-0.25, -0.2) is 0 Å². The summed E-state index contributed by atoms with van der Waals surface area (Å²) in [6.45, 7) is 2.04. The van der Waals surface area contributed by atoms with E-state index in [1.165, 1.54) is 0 Å². The van der Waals surface area contributed by atoms with E-state index < -0.39 is 5.91 Å². The average molecular weight is 349 g/mol. The highest BCUT2D eigenvalue weighted by Gasteiger charge is 2.13. The summed E-state index contributed by atoms with van der Waals surface area (Å²) in [5, 5.41) is 3.35. The molecule has 0 radical (unpaired) electrons. The number of halogens is 1. The number of carbonyl (C=O) groups excluding carboxylic acids is 1. The Morgan fingerprint density at radius 2 is 2.00 bits per heavy atom. The molecule has 2 rings (SSSR count). The normalized spacial score (nSPS) is 11.8. The molecule has 1 unspecified atom stereocenters. The molecule has 0 aliphatic heterocycles. The lowest BCUT2D eigenvalue weighted by atomic mass is 10.1. The van der Waals surface area contributed by atoms with Crippen molar-refractivity contribution in [3.8, 4) is 5.75 Å². The maximum Gasteiger partial charge on any atom is 0.248 e. The Kier molecular flexibility index (Phi) is 4.85. The zero-order valence-electron chi connectivity index (χ0n) is 11.9. The van der Waals surface area contributed by atoms with Gasteiger partial charge in [-0.2, -0.15) is 0 Å². The van der Waals surface area contributed by atoms with E-state index in [9.17, 15) is 4.79 Å². The van der Waals surface area contributed by atoms with Crippen molar-refractivity contribution in [1.82, 2.24) is 0 Å². The lowest BCUT2D eigenvalue weighted by Gasteiger charge is -2.19. The summed E-state index contributed by atoms with van der Waals surface area (Å²) < 4.78 is 6.34. The van der Waals surface area contributed by atoms with Gasteiger partial charge in [0.25, 0.3) is 0 Å². The first-order valence-corrected chi connectivity index (χ1v) is 7.31. The van der Waals surface area contributed by atoms with Crippen molar-refractivity contribution in [2.75, 3.05) is 12.4 Å². The number of amides is 1. The van der Waals surface area contributed by atoms with Crippen molar-refractivity contribution in [1.29, 1.82) is 0 Å². The number of rotatable bonds is 5. The number of nitrogens with one attached hydrogen (secondary N) is 1. The number of anilines is 1. The van der Waals surface area contributed by atoms with Gasteiger partial charge in [-0.3, -0.25) is 4.79 Å². The predicted octanol–water partition coefficient (Wildman–Crippen LogP) is 3.73. The number of hydrogen-bond donors (Lipinski definition) is 2. The van der Waals surface area contributed by atoms with E-state index in [4.69, 9.17) is 10.5 Å². The first-order valence-electron chi connectivity index (χ1n) is 6.51. The molecule has 21 heavy (non-hydrogen) atoms. The standard InChI is InChI=1S/C16H17BrN2O2/c1-10(12-5-3-4-6-13(12)17)19-14-9-11(16(18)20)7-8-15(14)21-2/h3-10,19H,1-2H3,(H2,18,20). The van der Waals surface area contributed by atoms with Crippen molar-refractivity contribution in [2.45, 2.75) is 13.0 Å². The van der Waals surface area contributed by atoms with E-state index in [0.717, 1.165) is 15.7 Å². The lowest BCUT2D eigenvalue weighted by Crippen LogP contribution is -2.13. The van der Waals surface area contributed by atoms with Crippen molar-refractivity contribution in [3.63, 3.8) is 0 Å². The van der Waals surface area contributed by atoms with E-state index in [-0.39, 0.29) is 6.04 Å². The minimum absolute atomic E-state index is 0.0394. The van der Waals surface area contributed by atoms with Crippen molar-refractivity contribution in [3.05, 3.63) is 58.1 Å². The molecule has 0 aliphatic carbocycles. The minimum atomic E-state index is -0.464. The van der Waals surface area contributed by atoms with E-state index in [1.807, 2.05) is 31.2 Å². The second-order valence-electron chi connectivity index (χ2n) is 4.67. The summed E-state index contributed by atoms with van der Waals surface area (Å²) in [5.74, 6) is 0.202. The molecule has 3 N–H and O–H groups in total. The number of nitrogens with two attached hydrogens (primary N) is 1. The van der Waals surface area contributed by atoms with Gasteiger partial charge in [-0.15, -0.1) is 0 Å². The quantitative estimate of drug-likeness (QED) is 0.865. The fourth-order valence-corrected chi connectivity index (χ4v) is 2.74. The van der Waals surface area contributed by atoms with Gasteiger partial charge in [0.1, 0.15) is 5.75 Å². The van der Waals surface area contributed by atoms with Gasteiger partial charge in [0.2, 0.25) is 5.91 Å². The Balaban J connectivity index is 2.31. The van der Waals surface area contributed by atoms with Crippen LogP contribution in [0.4, 0.5) is 5.69 Å². The highest BCUT2D eigenvalue weighted by Crippen LogP contribution is 2.31. The Hall–Kier alpha value is -2.01. The molecular formula is C16H17BrN2O2. The summed E-state index contributed by atoms with van der Waals surface area (Å²) in [6.07, 6.45) is 0. The molecule has 5 heteroatoms. The van der Waals surface area contributed by atoms with Crippen LogP contribution in [-0.2, 0) is 0 Å². The largest absolute Gasteiger partial charge is 0.495 e. The van der Waals surface area contributed by atoms with Crippen LogP contribution in [0.25, 0.3) is 0 Å². The van der Waals surface area contributed by atoms with Gasteiger partial charge in [-0.1, -0.05) is 34.1 Å². The molecule has 0 saturated carbocycles. The minimum Gasteiger partial charge on any atom is -0.495 e. The third-order valence-corrected chi connectivity index (χ3v) is 3.95. The second-order valence-corrected chi connectivity index (χ2v) is 5.52. The summed E-state index contributed by atoms with van der Waals surface area (Å²) in [6, 6.07) is 13.1. The molecule has 0 aromatic heterocycles. The number of carbonyl (C=O) groups is 1. The van der Waals surface area contributed by atoms with Crippen LogP contribution in [-0.4, -0.2) is 13.0 Å². The van der Waals surface area contributed by atoms with Gasteiger partial charge < -0.3 is 15.8 Å². The molecule has 0 spiro atoms. The third kappa shape index (κ3) is 3.55. The zero-order valence-corrected chi connectivity index (χ0v) is 13.5. The molecular weight excluding hydrogens is 332 g/mol. The molecule has 2 aromatic carbocycles. The second kappa shape index (κ2) is 6.63. The van der Waals surface area contributed by atoms with Gasteiger partial charge in [0, 0.05) is 16.1 Å². The van der Waals surface area contributed by atoms with E-state index in [2.05, 4.69) is 21.2 Å². The number of primary amides is 1. The fraction of sp³-hybridized carbons (Fsp3) is 0.188. The topological polar surface area (TPSA) is 64.3 Å². The maximum atomic E-state index is 11.3. The fourth-order valence-electron chi connectivity index (χ4n) is 2.11. The number of ether oxygens (including phenoxy) is 1.